The summed E-state index contributed by atoms with van der Waals surface area (Å²) in [5, 5.41) is 31.5. The number of nitrogens with two attached hydrogens (primary N) is 2. The second-order valence-corrected chi connectivity index (χ2v) is 8.80. The third-order valence-electron chi connectivity index (χ3n) is 4.53. The molecule has 1 saturated heterocycles. The van der Waals surface area contributed by atoms with Crippen LogP contribution in [0.4, 0.5) is 5.82 Å². The number of nitrogens with zero attached hydrogens (tertiary/aromatic N) is 4. The number of nitrogen functional groups attached to an aromatic ring is 1. The van der Waals surface area contributed by atoms with Crippen LogP contribution in [0.1, 0.15) is 12.6 Å². The minimum absolute atomic E-state index is 0.211. The number of aliphatic hydroxyl groups is 2. The van der Waals surface area contributed by atoms with Crippen molar-refractivity contribution in [3.8, 4) is 0 Å². The molecule has 1 unspecified atom stereocenters. The van der Waals surface area contributed by atoms with Gasteiger partial charge in [-0.05, 0) is 10.9 Å². The van der Waals surface area contributed by atoms with E-state index in [-0.39, 0.29) is 23.1 Å². The molecule has 0 amide bonds. The summed E-state index contributed by atoms with van der Waals surface area (Å²) in [6.07, 6.45) is 1.17. The smallest absolute Gasteiger partial charge is 0.167 e. The summed E-state index contributed by atoms with van der Waals surface area (Å²) in [5.41, 5.74) is 12.0. The van der Waals surface area contributed by atoms with Gasteiger partial charge in [0.05, 0.1) is 18.6 Å². The van der Waals surface area contributed by atoms with E-state index < -0.39 is 36.6 Å². The summed E-state index contributed by atoms with van der Waals surface area (Å²) in [7, 11) is -0.263. The van der Waals surface area contributed by atoms with Crippen LogP contribution in [0, 0.1) is 0 Å². The highest BCUT2D eigenvalue weighted by Gasteiger charge is 2.46. The van der Waals surface area contributed by atoms with Crippen LogP contribution in [-0.4, -0.2) is 77.8 Å². The molecule has 6 atom stereocenters. The molecule has 11 nitrogen and oxygen atoms in total. The standard InChI is InChI=1S/C15H22N6O5S/c1-27(3-2-7(16)15(24)25)4-8-10(22)11(23)14(26-8)21-6-20-9-12(17)18-5-19-13(9)21/h5-8,10-11,14,22-23H,2-4,16H2,1H3,(H2-,17,18,19,24,25)/t7-,8+,10+,11+,14+,27?/m0/s1/i1+1. The second-order valence-electron chi connectivity index (χ2n) is 6.50. The summed E-state index contributed by atoms with van der Waals surface area (Å²) in [4.78, 5) is 22.8. The van der Waals surface area contributed by atoms with Gasteiger partial charge in [0.1, 0.15) is 41.7 Å². The number of hydrogen-bond acceptors (Lipinski definition) is 10. The minimum Gasteiger partial charge on any atom is -0.548 e. The SMILES string of the molecule is [13CH3][S+](CC[C@H](N)C(=O)[O-])C[C@H]1O[C@@H](n2cnc3c(N)ncnc32)[C@H](O)[C@@H]1O. The first-order chi connectivity index (χ1) is 12.8. The predicted octanol–water partition coefficient (Wildman–Crippen LogP) is -3.26. The Bertz CT molecular complexity index is 819. The zero-order valence-electron chi connectivity index (χ0n) is 14.6. The number of fused-ring (bicyclic) bond motifs is 1. The lowest BCUT2D eigenvalue weighted by Gasteiger charge is -2.16. The first-order valence-corrected chi connectivity index (χ1v) is 10.3. The first-order valence-electron chi connectivity index (χ1n) is 8.29. The third kappa shape index (κ3) is 3.99. The predicted molar refractivity (Wildman–Crippen MR) is 96.3 cm³/mol. The van der Waals surface area contributed by atoms with Crippen molar-refractivity contribution in [1.82, 2.24) is 19.5 Å². The zero-order valence-corrected chi connectivity index (χ0v) is 15.5. The van der Waals surface area contributed by atoms with Crippen molar-refractivity contribution in [3.63, 3.8) is 0 Å². The maximum Gasteiger partial charge on any atom is 0.167 e. The van der Waals surface area contributed by atoms with Gasteiger partial charge in [-0.15, -0.1) is 0 Å². The van der Waals surface area contributed by atoms with Gasteiger partial charge in [-0.1, -0.05) is 0 Å². The molecular formula is C15H22N6O5S. The lowest BCUT2D eigenvalue weighted by molar-refractivity contribution is -0.307. The van der Waals surface area contributed by atoms with E-state index in [4.69, 9.17) is 16.2 Å². The van der Waals surface area contributed by atoms with Crippen molar-refractivity contribution in [2.45, 2.75) is 37.0 Å². The molecule has 1 aliphatic heterocycles. The van der Waals surface area contributed by atoms with Crippen molar-refractivity contribution in [1.29, 1.82) is 0 Å². The lowest BCUT2D eigenvalue weighted by atomic mass is 10.1. The van der Waals surface area contributed by atoms with Crippen molar-refractivity contribution in [2.24, 2.45) is 5.73 Å². The summed E-state index contributed by atoms with van der Waals surface area (Å²) >= 11 is 0. The zero-order chi connectivity index (χ0) is 19.7. The Balaban J connectivity index is 1.68. The molecule has 2 aromatic rings. The number of ether oxygens (including phenoxy) is 1. The summed E-state index contributed by atoms with van der Waals surface area (Å²) < 4.78 is 7.39. The van der Waals surface area contributed by atoms with E-state index in [0.29, 0.717) is 22.7 Å². The maximum atomic E-state index is 10.7. The number of aliphatic hydroxyl groups excluding tert-OH is 2. The molecule has 0 saturated carbocycles. The number of imidazole rings is 1. The number of carbonyl (C=O) groups excluding carboxylic acids is 1. The normalized spacial score (nSPS) is 27.7. The fourth-order valence-corrected chi connectivity index (χ4v) is 4.62. The van der Waals surface area contributed by atoms with Crippen molar-refractivity contribution in [2.75, 3.05) is 23.5 Å². The molecule has 0 bridgehead atoms. The second kappa shape index (κ2) is 7.94. The van der Waals surface area contributed by atoms with Gasteiger partial charge in [-0.2, -0.15) is 0 Å². The van der Waals surface area contributed by atoms with E-state index in [1.807, 2.05) is 6.26 Å². The molecule has 1 aliphatic rings. The number of carboxylic acid groups (broad SMARTS) is 1. The number of aromatic nitrogens is 4. The van der Waals surface area contributed by atoms with Gasteiger partial charge in [0.25, 0.3) is 0 Å². The van der Waals surface area contributed by atoms with E-state index in [1.165, 1.54) is 17.2 Å². The molecule has 0 aromatic carbocycles. The molecule has 2 aromatic heterocycles. The first kappa shape index (κ1) is 19.8. The van der Waals surface area contributed by atoms with Crippen LogP contribution in [-0.2, 0) is 20.4 Å². The van der Waals surface area contributed by atoms with E-state index in [1.54, 1.807) is 0 Å². The molecule has 0 spiro atoms. The largest absolute Gasteiger partial charge is 0.548 e. The number of carbonyl (C=O) groups is 1. The highest BCUT2D eigenvalue weighted by Crippen LogP contribution is 2.32. The average Bonchev–Trinajstić information content (AvgIpc) is 3.17. The minimum atomic E-state index is -1.28. The summed E-state index contributed by atoms with van der Waals surface area (Å²) in [5.74, 6) is -0.0611. The van der Waals surface area contributed by atoms with Gasteiger partial charge in [0, 0.05) is 12.5 Å². The van der Waals surface area contributed by atoms with Crippen LogP contribution in [0.2, 0.25) is 0 Å². The van der Waals surface area contributed by atoms with Gasteiger partial charge >= 0.3 is 0 Å². The Morgan fingerprint density at radius 2 is 2.15 bits per heavy atom. The van der Waals surface area contributed by atoms with Gasteiger partial charge in [0.15, 0.2) is 17.7 Å². The molecule has 1 fully saturated rings. The van der Waals surface area contributed by atoms with Crippen LogP contribution in [0.25, 0.3) is 11.2 Å². The topological polar surface area (TPSA) is 185 Å². The van der Waals surface area contributed by atoms with Crippen LogP contribution >= 0.6 is 0 Å². The summed E-state index contributed by atoms with van der Waals surface area (Å²) in [6, 6.07) is -1.02. The van der Waals surface area contributed by atoms with Gasteiger partial charge in [-0.3, -0.25) is 4.57 Å². The third-order valence-corrected chi connectivity index (χ3v) is 6.36. The summed E-state index contributed by atoms with van der Waals surface area (Å²) in [6.45, 7) is 0. The van der Waals surface area contributed by atoms with E-state index in [2.05, 4.69) is 15.0 Å². The Morgan fingerprint density at radius 1 is 1.41 bits per heavy atom. The highest BCUT2D eigenvalue weighted by atomic mass is 32.2. The number of rotatable bonds is 7. The monoisotopic (exact) mass is 399 g/mol. The highest BCUT2D eigenvalue weighted by molar-refractivity contribution is 7.96. The molecule has 0 radical (unpaired) electrons. The average molecular weight is 399 g/mol. The van der Waals surface area contributed by atoms with Crippen molar-refractivity contribution >= 4 is 33.8 Å². The fraction of sp³-hybridized carbons (Fsp3) is 0.600. The van der Waals surface area contributed by atoms with Gasteiger partial charge in [-0.25, -0.2) is 15.0 Å². The van der Waals surface area contributed by atoms with Crippen LogP contribution in [0.15, 0.2) is 12.7 Å². The maximum absolute atomic E-state index is 10.7. The lowest BCUT2D eigenvalue weighted by Crippen LogP contribution is -2.43. The molecule has 148 valence electrons. The van der Waals surface area contributed by atoms with Gasteiger partial charge < -0.3 is 36.3 Å². The molecule has 3 rings (SSSR count). The van der Waals surface area contributed by atoms with Crippen LogP contribution in [0.3, 0.4) is 0 Å². The van der Waals surface area contributed by atoms with Crippen molar-refractivity contribution < 1.29 is 24.9 Å². The number of hydrogen-bond donors (Lipinski definition) is 4. The molecule has 0 aliphatic carbocycles. The van der Waals surface area contributed by atoms with Crippen LogP contribution < -0.4 is 16.6 Å². The van der Waals surface area contributed by atoms with E-state index in [9.17, 15) is 20.1 Å². The Kier molecular flexibility index (Phi) is 5.81. The van der Waals surface area contributed by atoms with E-state index >= 15 is 0 Å². The van der Waals surface area contributed by atoms with Crippen LogP contribution in [0.5, 0.6) is 0 Å². The molecule has 27 heavy (non-hydrogen) atoms. The number of carboxylic acids is 1. The quantitative estimate of drug-likeness (QED) is 0.272. The van der Waals surface area contributed by atoms with Crippen molar-refractivity contribution in [3.05, 3.63) is 12.7 Å². The van der Waals surface area contributed by atoms with Gasteiger partial charge in [0.2, 0.25) is 0 Å². The van der Waals surface area contributed by atoms with E-state index in [0.717, 1.165) is 0 Å². The fourth-order valence-electron chi connectivity index (χ4n) is 2.96. The molecule has 12 heteroatoms. The Labute approximate surface area is 157 Å². The Hall–Kier alpha value is -1.99. The Morgan fingerprint density at radius 3 is 2.85 bits per heavy atom. The molecule has 3 heterocycles. The number of aliphatic carboxylic acids is 1. The molecule has 6 N–H and O–H groups in total. The molecular weight excluding hydrogens is 377 g/mol. The number of anilines is 1.